The second-order valence-electron chi connectivity index (χ2n) is 5.44. The fraction of sp³-hybridized carbons (Fsp3) is 0.533. The van der Waals surface area contributed by atoms with E-state index in [1.54, 1.807) is 23.1 Å². The SMILES string of the molecule is O=C(c1cccc(Br)c1F)N1CCC(N2CCOCC2)C1. The zero-order valence-corrected chi connectivity index (χ0v) is 13.3. The van der Waals surface area contributed by atoms with Gasteiger partial charge in [-0.2, -0.15) is 0 Å². The monoisotopic (exact) mass is 356 g/mol. The van der Waals surface area contributed by atoms with Gasteiger partial charge in [-0.3, -0.25) is 9.69 Å². The predicted octanol–water partition coefficient (Wildman–Crippen LogP) is 2.13. The maximum Gasteiger partial charge on any atom is 0.256 e. The molecule has 0 spiro atoms. The fourth-order valence-electron chi connectivity index (χ4n) is 3.01. The van der Waals surface area contributed by atoms with Gasteiger partial charge in [0.25, 0.3) is 5.91 Å². The lowest BCUT2D eigenvalue weighted by Crippen LogP contribution is -2.45. The van der Waals surface area contributed by atoms with Gasteiger partial charge in [0.05, 0.1) is 23.2 Å². The minimum absolute atomic E-state index is 0.145. The standard InChI is InChI=1S/C15H18BrFN2O2/c16-13-3-1-2-12(14(13)17)15(20)19-5-4-11(10-19)18-6-8-21-9-7-18/h1-3,11H,4-10H2. The molecule has 0 aromatic heterocycles. The molecule has 1 aromatic rings. The number of rotatable bonds is 2. The minimum Gasteiger partial charge on any atom is -0.379 e. The van der Waals surface area contributed by atoms with E-state index in [2.05, 4.69) is 20.8 Å². The molecule has 0 N–H and O–H groups in total. The molecule has 2 heterocycles. The Morgan fingerprint density at radius 3 is 2.81 bits per heavy atom. The number of carbonyl (C=O) groups is 1. The molecule has 3 rings (SSSR count). The van der Waals surface area contributed by atoms with Crippen LogP contribution in [0.2, 0.25) is 0 Å². The van der Waals surface area contributed by atoms with E-state index in [0.717, 1.165) is 32.7 Å². The molecular formula is C15H18BrFN2O2. The fourth-order valence-corrected chi connectivity index (χ4v) is 3.37. The Morgan fingerprint density at radius 1 is 1.29 bits per heavy atom. The van der Waals surface area contributed by atoms with Crippen molar-refractivity contribution in [1.29, 1.82) is 0 Å². The summed E-state index contributed by atoms with van der Waals surface area (Å²) in [6.45, 7) is 4.70. The highest BCUT2D eigenvalue weighted by Crippen LogP contribution is 2.23. The molecule has 1 aromatic carbocycles. The van der Waals surface area contributed by atoms with Crippen molar-refractivity contribution < 1.29 is 13.9 Å². The quantitative estimate of drug-likeness (QED) is 0.813. The van der Waals surface area contributed by atoms with Gasteiger partial charge < -0.3 is 9.64 Å². The van der Waals surface area contributed by atoms with Crippen LogP contribution in [0, 0.1) is 5.82 Å². The first-order valence-electron chi connectivity index (χ1n) is 7.22. The largest absolute Gasteiger partial charge is 0.379 e. The molecule has 21 heavy (non-hydrogen) atoms. The zero-order valence-electron chi connectivity index (χ0n) is 11.7. The summed E-state index contributed by atoms with van der Waals surface area (Å²) in [5.41, 5.74) is 0.145. The maximum atomic E-state index is 14.0. The Morgan fingerprint density at radius 2 is 2.05 bits per heavy atom. The number of hydrogen-bond acceptors (Lipinski definition) is 3. The highest BCUT2D eigenvalue weighted by Gasteiger charge is 2.32. The molecule has 1 amide bonds. The summed E-state index contributed by atoms with van der Waals surface area (Å²) in [6.07, 6.45) is 0.946. The summed E-state index contributed by atoms with van der Waals surface area (Å²) in [5, 5.41) is 0. The Kier molecular flexibility index (Phi) is 4.57. The van der Waals surface area contributed by atoms with Gasteiger partial charge in [-0.25, -0.2) is 4.39 Å². The number of hydrogen-bond donors (Lipinski definition) is 0. The summed E-state index contributed by atoms with van der Waals surface area (Å²) in [6, 6.07) is 5.21. The molecule has 6 heteroatoms. The average molecular weight is 357 g/mol. The van der Waals surface area contributed by atoms with Gasteiger partial charge in [-0.15, -0.1) is 0 Å². The van der Waals surface area contributed by atoms with Gasteiger partial charge >= 0.3 is 0 Å². The first kappa shape index (κ1) is 14.9. The van der Waals surface area contributed by atoms with Crippen molar-refractivity contribution in [3.8, 4) is 0 Å². The Bertz CT molecular complexity index is 534. The Hall–Kier alpha value is -0.980. The van der Waals surface area contributed by atoms with Crippen molar-refractivity contribution in [2.24, 2.45) is 0 Å². The molecule has 2 saturated heterocycles. The predicted molar refractivity (Wildman–Crippen MR) is 80.8 cm³/mol. The molecule has 2 fully saturated rings. The van der Waals surface area contributed by atoms with Crippen molar-refractivity contribution >= 4 is 21.8 Å². The molecule has 2 aliphatic heterocycles. The number of amides is 1. The number of carbonyl (C=O) groups excluding carboxylic acids is 1. The number of halogens is 2. The van der Waals surface area contributed by atoms with E-state index in [1.807, 2.05) is 0 Å². The van der Waals surface area contributed by atoms with Crippen LogP contribution in [-0.2, 0) is 4.74 Å². The molecule has 0 radical (unpaired) electrons. The lowest BCUT2D eigenvalue weighted by Gasteiger charge is -2.32. The van der Waals surface area contributed by atoms with E-state index in [9.17, 15) is 9.18 Å². The molecule has 0 saturated carbocycles. The number of likely N-dealkylation sites (tertiary alicyclic amines) is 1. The maximum absolute atomic E-state index is 14.0. The zero-order chi connectivity index (χ0) is 14.8. The lowest BCUT2D eigenvalue weighted by atomic mass is 10.2. The summed E-state index contributed by atoms with van der Waals surface area (Å²) < 4.78 is 19.7. The summed E-state index contributed by atoms with van der Waals surface area (Å²) >= 11 is 3.13. The smallest absolute Gasteiger partial charge is 0.256 e. The van der Waals surface area contributed by atoms with Gasteiger partial charge in [-0.05, 0) is 34.5 Å². The van der Waals surface area contributed by atoms with Crippen LogP contribution in [0.3, 0.4) is 0 Å². The van der Waals surface area contributed by atoms with Crippen LogP contribution in [0.25, 0.3) is 0 Å². The molecule has 114 valence electrons. The lowest BCUT2D eigenvalue weighted by molar-refractivity contribution is 0.0185. The third kappa shape index (κ3) is 3.12. The normalized spacial score (nSPS) is 23.5. The van der Waals surface area contributed by atoms with Gasteiger partial charge in [0.15, 0.2) is 0 Å². The summed E-state index contributed by atoms with van der Waals surface area (Å²) in [4.78, 5) is 16.6. The second-order valence-corrected chi connectivity index (χ2v) is 6.30. The third-order valence-electron chi connectivity index (χ3n) is 4.19. The van der Waals surface area contributed by atoms with Crippen molar-refractivity contribution in [1.82, 2.24) is 9.80 Å². The highest BCUT2D eigenvalue weighted by molar-refractivity contribution is 9.10. The number of morpholine rings is 1. The minimum atomic E-state index is -0.475. The molecule has 0 aliphatic carbocycles. The van der Waals surface area contributed by atoms with E-state index in [4.69, 9.17) is 4.74 Å². The van der Waals surface area contributed by atoms with Gasteiger partial charge in [-0.1, -0.05) is 6.07 Å². The molecule has 4 nitrogen and oxygen atoms in total. The molecular weight excluding hydrogens is 339 g/mol. The van der Waals surface area contributed by atoms with Crippen molar-refractivity contribution in [3.05, 3.63) is 34.1 Å². The number of benzene rings is 1. The van der Waals surface area contributed by atoms with Crippen LogP contribution >= 0.6 is 15.9 Å². The van der Waals surface area contributed by atoms with Crippen LogP contribution < -0.4 is 0 Å². The average Bonchev–Trinajstić information content (AvgIpc) is 3.00. The van der Waals surface area contributed by atoms with Crippen LogP contribution in [-0.4, -0.2) is 61.1 Å². The van der Waals surface area contributed by atoms with E-state index >= 15 is 0 Å². The van der Waals surface area contributed by atoms with E-state index < -0.39 is 5.82 Å². The van der Waals surface area contributed by atoms with E-state index in [0.29, 0.717) is 23.6 Å². The molecule has 0 bridgehead atoms. The topological polar surface area (TPSA) is 32.8 Å². The van der Waals surface area contributed by atoms with Crippen molar-refractivity contribution in [2.45, 2.75) is 12.5 Å². The Balaban J connectivity index is 1.68. The van der Waals surface area contributed by atoms with Crippen molar-refractivity contribution in [3.63, 3.8) is 0 Å². The van der Waals surface area contributed by atoms with Gasteiger partial charge in [0, 0.05) is 32.2 Å². The summed E-state index contributed by atoms with van der Waals surface area (Å²) in [5.74, 6) is -0.693. The molecule has 1 atom stereocenters. The second kappa shape index (κ2) is 6.42. The van der Waals surface area contributed by atoms with Crippen molar-refractivity contribution in [2.75, 3.05) is 39.4 Å². The van der Waals surface area contributed by atoms with Crippen LogP contribution in [0.1, 0.15) is 16.8 Å². The highest BCUT2D eigenvalue weighted by atomic mass is 79.9. The molecule has 1 unspecified atom stereocenters. The third-order valence-corrected chi connectivity index (χ3v) is 4.81. The van der Waals surface area contributed by atoms with Gasteiger partial charge in [0.1, 0.15) is 5.82 Å². The van der Waals surface area contributed by atoms with Crippen LogP contribution in [0.4, 0.5) is 4.39 Å². The van der Waals surface area contributed by atoms with Crippen LogP contribution in [0.5, 0.6) is 0 Å². The van der Waals surface area contributed by atoms with Gasteiger partial charge in [0.2, 0.25) is 0 Å². The Labute approximate surface area is 132 Å². The number of ether oxygens (including phenoxy) is 1. The van der Waals surface area contributed by atoms with E-state index in [1.165, 1.54) is 0 Å². The van der Waals surface area contributed by atoms with Crippen LogP contribution in [0.15, 0.2) is 22.7 Å². The molecule has 2 aliphatic rings. The number of nitrogens with zero attached hydrogens (tertiary/aromatic N) is 2. The first-order chi connectivity index (χ1) is 10.2. The van der Waals surface area contributed by atoms with E-state index in [-0.39, 0.29) is 11.5 Å². The first-order valence-corrected chi connectivity index (χ1v) is 8.01. The summed E-state index contributed by atoms with van der Waals surface area (Å²) in [7, 11) is 0.